The van der Waals surface area contributed by atoms with Crippen molar-refractivity contribution in [1.29, 1.82) is 5.26 Å². The van der Waals surface area contributed by atoms with Gasteiger partial charge in [-0.25, -0.2) is 0 Å². The summed E-state index contributed by atoms with van der Waals surface area (Å²) in [5.74, 6) is 1.50. The summed E-state index contributed by atoms with van der Waals surface area (Å²) in [6, 6.07) is 2.56. The summed E-state index contributed by atoms with van der Waals surface area (Å²) in [7, 11) is 0. The zero-order valence-electron chi connectivity index (χ0n) is 12.6. The predicted octanol–water partition coefficient (Wildman–Crippen LogP) is 4.43. The molecule has 0 atom stereocenters. The maximum atomic E-state index is 11.1. The Morgan fingerprint density at radius 3 is 2.16 bits per heavy atom. The van der Waals surface area contributed by atoms with E-state index in [1.165, 1.54) is 12.8 Å². The zero-order chi connectivity index (χ0) is 13.9. The average molecular weight is 263 g/mol. The van der Waals surface area contributed by atoms with Crippen LogP contribution in [-0.2, 0) is 0 Å². The molecule has 2 rings (SSSR count). The van der Waals surface area contributed by atoms with Crippen molar-refractivity contribution >= 4 is 0 Å². The Balaban J connectivity index is 2.06. The largest absolute Gasteiger partial charge is 0.388 e. The number of hydrogen-bond acceptors (Lipinski definition) is 2. The first-order valence-corrected chi connectivity index (χ1v) is 8.19. The summed E-state index contributed by atoms with van der Waals surface area (Å²) >= 11 is 0. The third kappa shape index (κ3) is 2.82. The Labute approximate surface area is 118 Å². The first-order chi connectivity index (χ1) is 9.05. The van der Waals surface area contributed by atoms with Gasteiger partial charge in [0.2, 0.25) is 0 Å². The van der Waals surface area contributed by atoms with Gasteiger partial charge < -0.3 is 5.11 Å². The number of nitriles is 1. The van der Waals surface area contributed by atoms with E-state index in [0.717, 1.165) is 57.3 Å². The minimum atomic E-state index is -0.703. The molecule has 2 fully saturated rings. The van der Waals surface area contributed by atoms with Crippen LogP contribution in [0, 0.1) is 28.6 Å². The van der Waals surface area contributed by atoms with E-state index in [0.29, 0.717) is 5.92 Å². The van der Waals surface area contributed by atoms with E-state index in [9.17, 15) is 10.4 Å². The van der Waals surface area contributed by atoms with Gasteiger partial charge in [0.15, 0.2) is 0 Å². The predicted molar refractivity (Wildman–Crippen MR) is 77.5 cm³/mol. The molecule has 2 aliphatic rings. The number of aliphatic hydroxyl groups is 1. The van der Waals surface area contributed by atoms with Gasteiger partial charge >= 0.3 is 0 Å². The number of hydrogen-bond donors (Lipinski definition) is 1. The van der Waals surface area contributed by atoms with Gasteiger partial charge in [0.25, 0.3) is 0 Å². The van der Waals surface area contributed by atoms with Gasteiger partial charge in [-0.05, 0) is 63.2 Å². The molecular weight excluding hydrogens is 234 g/mol. The van der Waals surface area contributed by atoms with Crippen LogP contribution in [0.15, 0.2) is 0 Å². The zero-order valence-corrected chi connectivity index (χ0v) is 12.6. The highest BCUT2D eigenvalue weighted by atomic mass is 16.3. The van der Waals surface area contributed by atoms with Gasteiger partial charge in [-0.3, -0.25) is 0 Å². The van der Waals surface area contributed by atoms with Gasteiger partial charge in [0.1, 0.15) is 0 Å². The van der Waals surface area contributed by atoms with Crippen molar-refractivity contribution in [2.24, 2.45) is 17.3 Å². The molecule has 1 N–H and O–H groups in total. The highest BCUT2D eigenvalue weighted by Crippen LogP contribution is 2.52. The molecule has 0 radical (unpaired) electrons. The van der Waals surface area contributed by atoms with Crippen molar-refractivity contribution in [1.82, 2.24) is 0 Å². The fourth-order valence-corrected chi connectivity index (χ4v) is 4.27. The van der Waals surface area contributed by atoms with Crippen LogP contribution in [0.2, 0.25) is 0 Å². The molecule has 0 aliphatic heterocycles. The average Bonchev–Trinajstić information content (AvgIpc) is 2.43. The quantitative estimate of drug-likeness (QED) is 0.818. The lowest BCUT2D eigenvalue weighted by Gasteiger charge is -2.49. The van der Waals surface area contributed by atoms with Crippen molar-refractivity contribution in [2.45, 2.75) is 83.7 Å². The maximum absolute atomic E-state index is 11.1. The maximum Gasteiger partial charge on any atom is 0.0860 e. The highest BCUT2D eigenvalue weighted by Gasteiger charge is 2.52. The lowest BCUT2D eigenvalue weighted by molar-refractivity contribution is -0.108. The fourth-order valence-electron chi connectivity index (χ4n) is 4.27. The monoisotopic (exact) mass is 263 g/mol. The van der Waals surface area contributed by atoms with Crippen LogP contribution >= 0.6 is 0 Å². The smallest absolute Gasteiger partial charge is 0.0860 e. The minimum Gasteiger partial charge on any atom is -0.388 e. The van der Waals surface area contributed by atoms with E-state index in [1.807, 2.05) is 0 Å². The topological polar surface area (TPSA) is 44.0 Å². The van der Waals surface area contributed by atoms with Crippen molar-refractivity contribution in [3.05, 3.63) is 0 Å². The standard InChI is InChI=1S/C17H29NO/c1-3-4-15-7-9-16(13-18,10-8-15)17(19)11-5-14(2)6-12-17/h14-15,19H,3-12H2,1-2H3. The van der Waals surface area contributed by atoms with E-state index in [2.05, 4.69) is 19.9 Å². The van der Waals surface area contributed by atoms with Crippen molar-refractivity contribution in [2.75, 3.05) is 0 Å². The summed E-state index contributed by atoms with van der Waals surface area (Å²) in [6.07, 6.45) is 10.5. The Hall–Kier alpha value is -0.550. The van der Waals surface area contributed by atoms with Gasteiger partial charge in [-0.2, -0.15) is 5.26 Å². The Morgan fingerprint density at radius 1 is 1.11 bits per heavy atom. The minimum absolute atomic E-state index is 0.447. The molecule has 0 aromatic carbocycles. The third-order valence-electron chi connectivity index (χ3n) is 5.86. The lowest BCUT2D eigenvalue weighted by atomic mass is 9.57. The summed E-state index contributed by atoms with van der Waals surface area (Å²) in [5.41, 5.74) is -1.15. The fraction of sp³-hybridized carbons (Fsp3) is 0.941. The molecule has 0 heterocycles. The summed E-state index contributed by atoms with van der Waals surface area (Å²) in [4.78, 5) is 0. The van der Waals surface area contributed by atoms with Crippen molar-refractivity contribution < 1.29 is 5.11 Å². The molecule has 108 valence electrons. The van der Waals surface area contributed by atoms with Crippen LogP contribution in [0.25, 0.3) is 0 Å². The van der Waals surface area contributed by atoms with Crippen molar-refractivity contribution in [3.8, 4) is 6.07 Å². The van der Waals surface area contributed by atoms with Gasteiger partial charge in [-0.1, -0.05) is 26.7 Å². The molecule has 19 heavy (non-hydrogen) atoms. The number of rotatable bonds is 3. The normalized spacial score (nSPS) is 43.7. The van der Waals surface area contributed by atoms with Crippen LogP contribution < -0.4 is 0 Å². The van der Waals surface area contributed by atoms with Gasteiger partial charge in [-0.15, -0.1) is 0 Å². The first kappa shape index (κ1) is 14.9. The lowest BCUT2D eigenvalue weighted by Crippen LogP contribution is -2.51. The van der Waals surface area contributed by atoms with E-state index in [1.54, 1.807) is 0 Å². The summed E-state index contributed by atoms with van der Waals surface area (Å²) in [6.45, 7) is 4.50. The highest BCUT2D eigenvalue weighted by molar-refractivity contribution is 5.14. The second-order valence-corrected chi connectivity index (χ2v) is 7.14. The number of nitrogens with zero attached hydrogens (tertiary/aromatic N) is 1. The third-order valence-corrected chi connectivity index (χ3v) is 5.86. The van der Waals surface area contributed by atoms with Crippen LogP contribution in [0.5, 0.6) is 0 Å². The Bertz CT molecular complexity index is 328. The molecule has 0 saturated heterocycles. The molecule has 0 aromatic rings. The summed E-state index contributed by atoms with van der Waals surface area (Å²) in [5, 5.41) is 20.8. The van der Waals surface area contributed by atoms with Crippen LogP contribution in [0.1, 0.15) is 78.1 Å². The Kier molecular flexibility index (Phi) is 4.56. The molecule has 0 spiro atoms. The van der Waals surface area contributed by atoms with Crippen LogP contribution in [0.3, 0.4) is 0 Å². The van der Waals surface area contributed by atoms with Crippen LogP contribution in [-0.4, -0.2) is 10.7 Å². The van der Waals surface area contributed by atoms with Gasteiger partial charge in [0.05, 0.1) is 17.1 Å². The molecule has 2 aliphatic carbocycles. The van der Waals surface area contributed by atoms with Gasteiger partial charge in [0, 0.05) is 0 Å². The molecule has 0 aromatic heterocycles. The molecule has 0 amide bonds. The van der Waals surface area contributed by atoms with E-state index >= 15 is 0 Å². The Morgan fingerprint density at radius 2 is 1.68 bits per heavy atom. The molecule has 2 saturated carbocycles. The molecule has 2 nitrogen and oxygen atoms in total. The van der Waals surface area contributed by atoms with E-state index in [-0.39, 0.29) is 0 Å². The molecule has 0 unspecified atom stereocenters. The summed E-state index contributed by atoms with van der Waals surface area (Å²) < 4.78 is 0. The van der Waals surface area contributed by atoms with E-state index in [4.69, 9.17) is 0 Å². The second kappa shape index (κ2) is 5.83. The van der Waals surface area contributed by atoms with E-state index < -0.39 is 11.0 Å². The molecule has 0 bridgehead atoms. The SMILES string of the molecule is CCCC1CCC(C#N)(C2(O)CCC(C)CC2)CC1. The van der Waals surface area contributed by atoms with Crippen LogP contribution in [0.4, 0.5) is 0 Å². The van der Waals surface area contributed by atoms with Crippen molar-refractivity contribution in [3.63, 3.8) is 0 Å². The molecular formula is C17H29NO. The molecule has 2 heteroatoms. The first-order valence-electron chi connectivity index (χ1n) is 8.19. The second-order valence-electron chi connectivity index (χ2n) is 7.14.